The van der Waals surface area contributed by atoms with Crippen LogP contribution in [0.25, 0.3) is 0 Å². The van der Waals surface area contributed by atoms with Gasteiger partial charge in [0, 0.05) is 0 Å². The first-order valence-corrected chi connectivity index (χ1v) is 7.84. The Hall–Kier alpha value is -1.84. The minimum atomic E-state index is -0.529. The first-order valence-electron chi connectivity index (χ1n) is 7.84. The van der Waals surface area contributed by atoms with Gasteiger partial charge in [0.05, 0.1) is 18.6 Å². The van der Waals surface area contributed by atoms with Gasteiger partial charge in [-0.1, -0.05) is 32.9 Å². The Morgan fingerprint density at radius 1 is 1.00 bits per heavy atom. The summed E-state index contributed by atoms with van der Waals surface area (Å²) in [4.78, 5) is 24.1. The van der Waals surface area contributed by atoms with Crippen molar-refractivity contribution in [1.82, 2.24) is 0 Å². The number of carbonyl (C=O) groups is 2. The van der Waals surface area contributed by atoms with Crippen molar-refractivity contribution in [1.29, 1.82) is 0 Å². The van der Waals surface area contributed by atoms with Crippen LogP contribution in [-0.4, -0.2) is 24.6 Å². The summed E-state index contributed by atoms with van der Waals surface area (Å²) in [6.07, 6.45) is 0.666. The zero-order chi connectivity index (χ0) is 17.8. The molecule has 0 amide bonds. The molecule has 4 nitrogen and oxygen atoms in total. The maximum atomic E-state index is 12.6. The largest absolute Gasteiger partial charge is 0.465 e. The first kappa shape index (κ1) is 19.2. The third-order valence-electron chi connectivity index (χ3n) is 3.24. The molecule has 0 heterocycles. The van der Waals surface area contributed by atoms with E-state index in [1.807, 2.05) is 20.8 Å². The second kappa shape index (κ2) is 7.16. The molecule has 4 heteroatoms. The molecule has 0 saturated heterocycles. The predicted octanol–water partition coefficient (Wildman–Crippen LogP) is 4.33. The average Bonchev–Trinajstić information content (AvgIpc) is 2.41. The van der Waals surface area contributed by atoms with Crippen LogP contribution in [0.3, 0.4) is 0 Å². The highest BCUT2D eigenvalue weighted by molar-refractivity contribution is 5.89. The molecule has 1 atom stereocenters. The molecule has 0 bridgehead atoms. The lowest BCUT2D eigenvalue weighted by Gasteiger charge is -2.28. The normalized spacial score (nSPS) is 13.3. The number of rotatable bonds is 4. The van der Waals surface area contributed by atoms with E-state index in [2.05, 4.69) is 20.8 Å². The van der Waals surface area contributed by atoms with Gasteiger partial charge in [-0.15, -0.1) is 0 Å². The van der Waals surface area contributed by atoms with Gasteiger partial charge >= 0.3 is 11.9 Å². The summed E-state index contributed by atoms with van der Waals surface area (Å²) < 4.78 is 10.3. The monoisotopic (exact) mass is 320 g/mol. The van der Waals surface area contributed by atoms with Gasteiger partial charge in [0.1, 0.15) is 5.60 Å². The molecule has 128 valence electrons. The molecule has 0 aliphatic carbocycles. The molecular weight excluding hydrogens is 292 g/mol. The van der Waals surface area contributed by atoms with Crippen LogP contribution in [-0.2, 0) is 14.3 Å². The fraction of sp³-hybridized carbons (Fsp3) is 0.579. The van der Waals surface area contributed by atoms with Crippen LogP contribution in [0.5, 0.6) is 0 Å². The van der Waals surface area contributed by atoms with E-state index in [0.29, 0.717) is 12.0 Å². The van der Waals surface area contributed by atoms with E-state index in [1.54, 1.807) is 24.3 Å². The Morgan fingerprint density at radius 3 is 1.91 bits per heavy atom. The summed E-state index contributed by atoms with van der Waals surface area (Å²) in [5.41, 5.74) is 0.763. The minimum Gasteiger partial charge on any atom is -0.465 e. The molecular formula is C19H28O4. The fourth-order valence-corrected chi connectivity index (χ4v) is 2.29. The SMILES string of the molecule is COC(=O)c1ccc(C(CC(C)(C)C)C(=O)OC(C)(C)C)cc1. The van der Waals surface area contributed by atoms with E-state index < -0.39 is 5.60 Å². The van der Waals surface area contributed by atoms with Crippen molar-refractivity contribution in [2.24, 2.45) is 5.41 Å². The van der Waals surface area contributed by atoms with E-state index in [0.717, 1.165) is 5.56 Å². The Labute approximate surface area is 139 Å². The molecule has 1 aromatic rings. The van der Waals surface area contributed by atoms with Crippen LogP contribution >= 0.6 is 0 Å². The number of hydrogen-bond acceptors (Lipinski definition) is 4. The maximum absolute atomic E-state index is 12.6. The van der Waals surface area contributed by atoms with E-state index in [9.17, 15) is 9.59 Å². The van der Waals surface area contributed by atoms with Crippen LogP contribution in [0.4, 0.5) is 0 Å². The summed E-state index contributed by atoms with van der Waals surface area (Å²) in [5, 5.41) is 0. The quantitative estimate of drug-likeness (QED) is 0.775. The zero-order valence-electron chi connectivity index (χ0n) is 15.2. The van der Waals surface area contributed by atoms with Crippen LogP contribution < -0.4 is 0 Å². The fourth-order valence-electron chi connectivity index (χ4n) is 2.29. The van der Waals surface area contributed by atoms with Gasteiger partial charge < -0.3 is 9.47 Å². The van der Waals surface area contributed by atoms with Gasteiger partial charge in [0.15, 0.2) is 0 Å². The summed E-state index contributed by atoms with van der Waals surface area (Å²) in [5.74, 6) is -0.986. The molecule has 0 aliphatic rings. The van der Waals surface area contributed by atoms with Crippen LogP contribution in [0.2, 0.25) is 0 Å². The van der Waals surface area contributed by atoms with Crippen LogP contribution in [0.15, 0.2) is 24.3 Å². The standard InChI is InChI=1S/C19H28O4/c1-18(2,3)12-15(17(21)23-19(4,5)6)13-8-10-14(11-9-13)16(20)22-7/h8-11,15H,12H2,1-7H3. The Morgan fingerprint density at radius 2 is 1.52 bits per heavy atom. The molecule has 0 N–H and O–H groups in total. The summed E-state index contributed by atoms with van der Waals surface area (Å²) in [7, 11) is 1.35. The molecule has 0 spiro atoms. The van der Waals surface area contributed by atoms with Crippen molar-refractivity contribution < 1.29 is 19.1 Å². The van der Waals surface area contributed by atoms with Crippen molar-refractivity contribution >= 4 is 11.9 Å². The molecule has 23 heavy (non-hydrogen) atoms. The predicted molar refractivity (Wildman–Crippen MR) is 90.4 cm³/mol. The van der Waals surface area contributed by atoms with Crippen molar-refractivity contribution in [2.75, 3.05) is 7.11 Å². The average molecular weight is 320 g/mol. The van der Waals surface area contributed by atoms with E-state index >= 15 is 0 Å². The molecule has 1 unspecified atom stereocenters. The van der Waals surface area contributed by atoms with Gasteiger partial charge in [-0.3, -0.25) is 4.79 Å². The van der Waals surface area contributed by atoms with E-state index in [4.69, 9.17) is 9.47 Å². The topological polar surface area (TPSA) is 52.6 Å². The van der Waals surface area contributed by atoms with Gasteiger partial charge in [0.25, 0.3) is 0 Å². The lowest BCUT2D eigenvalue weighted by molar-refractivity contribution is -0.157. The van der Waals surface area contributed by atoms with Crippen LogP contribution in [0.1, 0.15) is 69.8 Å². The molecule has 0 aliphatic heterocycles. The smallest absolute Gasteiger partial charge is 0.337 e. The summed E-state index contributed by atoms with van der Waals surface area (Å²) >= 11 is 0. The number of benzene rings is 1. The highest BCUT2D eigenvalue weighted by Crippen LogP contribution is 2.33. The van der Waals surface area contributed by atoms with Gasteiger partial charge in [-0.2, -0.15) is 0 Å². The molecule has 0 fully saturated rings. The summed E-state index contributed by atoms with van der Waals surface area (Å²) in [6, 6.07) is 6.96. The number of methoxy groups -OCH3 is 1. The molecule has 0 radical (unpaired) electrons. The molecule has 0 saturated carbocycles. The van der Waals surface area contributed by atoms with Gasteiger partial charge in [0.2, 0.25) is 0 Å². The van der Waals surface area contributed by atoms with Crippen LogP contribution in [0, 0.1) is 5.41 Å². The molecule has 0 aromatic heterocycles. The molecule has 1 aromatic carbocycles. The van der Waals surface area contributed by atoms with Gasteiger partial charge in [-0.25, -0.2) is 4.79 Å². The lowest BCUT2D eigenvalue weighted by Crippen LogP contribution is -2.29. The highest BCUT2D eigenvalue weighted by Gasteiger charge is 2.30. The summed E-state index contributed by atoms with van der Waals surface area (Å²) in [6.45, 7) is 11.9. The third-order valence-corrected chi connectivity index (χ3v) is 3.24. The number of esters is 2. The minimum absolute atomic E-state index is 0.0252. The third kappa shape index (κ3) is 6.43. The molecule has 1 rings (SSSR count). The first-order chi connectivity index (χ1) is 10.4. The van der Waals surface area contributed by atoms with Crippen molar-refractivity contribution in [3.8, 4) is 0 Å². The van der Waals surface area contributed by atoms with Crippen molar-refractivity contribution in [3.05, 3.63) is 35.4 Å². The number of hydrogen-bond donors (Lipinski definition) is 0. The van der Waals surface area contributed by atoms with Crippen molar-refractivity contribution in [2.45, 2.75) is 59.5 Å². The number of ether oxygens (including phenoxy) is 2. The second-order valence-electron chi connectivity index (χ2n) is 7.96. The Bertz CT molecular complexity index is 544. The Balaban J connectivity index is 3.09. The second-order valence-corrected chi connectivity index (χ2v) is 7.96. The van der Waals surface area contributed by atoms with Gasteiger partial charge in [-0.05, 0) is 50.3 Å². The van der Waals surface area contributed by atoms with E-state index in [1.165, 1.54) is 7.11 Å². The number of carbonyl (C=O) groups excluding carboxylic acids is 2. The zero-order valence-corrected chi connectivity index (χ0v) is 15.2. The highest BCUT2D eigenvalue weighted by atomic mass is 16.6. The van der Waals surface area contributed by atoms with E-state index in [-0.39, 0.29) is 23.3 Å². The Kier molecular flexibility index (Phi) is 5.98. The van der Waals surface area contributed by atoms with Crippen molar-refractivity contribution in [3.63, 3.8) is 0 Å². The lowest BCUT2D eigenvalue weighted by atomic mass is 9.81. The maximum Gasteiger partial charge on any atom is 0.337 e.